The van der Waals surface area contributed by atoms with Crippen LogP contribution in [0.4, 0.5) is 5.69 Å². The topological polar surface area (TPSA) is 66.9 Å². The lowest BCUT2D eigenvalue weighted by Crippen LogP contribution is -2.48. The summed E-state index contributed by atoms with van der Waals surface area (Å²) in [7, 11) is -2.28. The molecule has 4 rings (SSSR count). The van der Waals surface area contributed by atoms with Gasteiger partial charge in [0, 0.05) is 29.3 Å². The molecule has 0 saturated carbocycles. The van der Waals surface area contributed by atoms with Crippen molar-refractivity contribution in [3.8, 4) is 5.75 Å². The average molecular weight is 528 g/mol. The van der Waals surface area contributed by atoms with Gasteiger partial charge in [-0.1, -0.05) is 27.5 Å². The molecule has 2 aromatic rings. The van der Waals surface area contributed by atoms with Crippen LogP contribution < -0.4 is 9.64 Å². The van der Waals surface area contributed by atoms with Gasteiger partial charge in [0.25, 0.3) is 0 Å². The number of halogens is 2. The third-order valence-electron chi connectivity index (χ3n) is 5.99. The van der Waals surface area contributed by atoms with E-state index in [1.807, 2.05) is 30.0 Å². The Labute approximate surface area is 196 Å². The molecule has 0 radical (unpaired) electrons. The van der Waals surface area contributed by atoms with Crippen molar-refractivity contribution in [1.29, 1.82) is 0 Å². The zero-order valence-electron chi connectivity index (χ0n) is 17.3. The summed E-state index contributed by atoms with van der Waals surface area (Å²) in [6.07, 6.45) is 2.10. The molecule has 0 N–H and O–H groups in total. The summed E-state index contributed by atoms with van der Waals surface area (Å²) >= 11 is 9.63. The predicted octanol–water partition coefficient (Wildman–Crippen LogP) is 4.49. The molecule has 0 aromatic heterocycles. The quantitative estimate of drug-likeness (QED) is 0.588. The summed E-state index contributed by atoms with van der Waals surface area (Å²) in [5.74, 6) is 0.0242. The highest BCUT2D eigenvalue weighted by Crippen LogP contribution is 2.37. The lowest BCUT2D eigenvalue weighted by atomic mass is 9.97. The number of methoxy groups -OCH3 is 1. The Morgan fingerprint density at radius 1 is 1.23 bits per heavy atom. The van der Waals surface area contributed by atoms with Gasteiger partial charge in [-0.3, -0.25) is 4.79 Å². The van der Waals surface area contributed by atoms with E-state index in [1.165, 1.54) is 23.5 Å². The molecule has 1 saturated heterocycles. The van der Waals surface area contributed by atoms with Crippen molar-refractivity contribution in [3.05, 3.63) is 51.5 Å². The Morgan fingerprint density at radius 2 is 2.00 bits per heavy atom. The summed E-state index contributed by atoms with van der Waals surface area (Å²) < 4.78 is 34.0. The minimum Gasteiger partial charge on any atom is -0.495 e. The highest BCUT2D eigenvalue weighted by atomic mass is 79.9. The van der Waals surface area contributed by atoms with Gasteiger partial charge in [-0.2, -0.15) is 4.31 Å². The summed E-state index contributed by atoms with van der Waals surface area (Å²) in [6, 6.07) is 10.4. The van der Waals surface area contributed by atoms with Crippen molar-refractivity contribution in [3.63, 3.8) is 0 Å². The van der Waals surface area contributed by atoms with Gasteiger partial charge in [0.15, 0.2) is 0 Å². The second kappa shape index (κ2) is 8.73. The van der Waals surface area contributed by atoms with Gasteiger partial charge < -0.3 is 9.64 Å². The highest BCUT2D eigenvalue weighted by molar-refractivity contribution is 9.10. The Morgan fingerprint density at radius 3 is 2.71 bits per heavy atom. The van der Waals surface area contributed by atoms with Crippen molar-refractivity contribution in [2.24, 2.45) is 5.92 Å². The highest BCUT2D eigenvalue weighted by Gasteiger charge is 2.39. The molecule has 0 aliphatic carbocycles. The molecule has 2 unspecified atom stereocenters. The monoisotopic (exact) mass is 526 g/mol. The van der Waals surface area contributed by atoms with Crippen molar-refractivity contribution < 1.29 is 17.9 Å². The maximum atomic E-state index is 13.5. The molecule has 0 spiro atoms. The summed E-state index contributed by atoms with van der Waals surface area (Å²) in [4.78, 5) is 15.4. The van der Waals surface area contributed by atoms with Crippen LogP contribution in [0.25, 0.3) is 0 Å². The Bertz CT molecular complexity index is 1120. The zero-order valence-corrected chi connectivity index (χ0v) is 20.5. The number of hydrogen-bond donors (Lipinski definition) is 0. The minimum atomic E-state index is -3.76. The predicted molar refractivity (Wildman–Crippen MR) is 124 cm³/mol. The normalized spacial score (nSPS) is 21.7. The second-order valence-corrected chi connectivity index (χ2v) is 11.3. The zero-order chi connectivity index (χ0) is 22.3. The first-order valence-electron chi connectivity index (χ1n) is 10.2. The van der Waals surface area contributed by atoms with Crippen LogP contribution >= 0.6 is 27.5 Å². The van der Waals surface area contributed by atoms with E-state index in [2.05, 4.69) is 15.9 Å². The summed E-state index contributed by atoms with van der Waals surface area (Å²) in [5.41, 5.74) is 2.05. The number of hydrogen-bond acceptors (Lipinski definition) is 4. The van der Waals surface area contributed by atoms with Crippen LogP contribution in [0.2, 0.25) is 5.02 Å². The molecular weight excluding hydrogens is 504 g/mol. The standard InChI is InChI=1S/C22H24BrClN2O4S/c1-14-10-16-11-17(23)5-7-20(16)26(14)22(27)15-4-3-9-25(13-15)31(28,29)18-6-8-21(30-2)19(24)12-18/h5-8,11-12,14-15H,3-4,9-10,13H2,1-2H3. The molecule has 2 aliphatic rings. The summed E-state index contributed by atoms with van der Waals surface area (Å²) in [6.45, 7) is 2.58. The third kappa shape index (κ3) is 4.23. The number of amides is 1. The van der Waals surface area contributed by atoms with Crippen molar-refractivity contribution in [1.82, 2.24) is 4.31 Å². The van der Waals surface area contributed by atoms with Gasteiger partial charge in [-0.05, 0) is 68.1 Å². The van der Waals surface area contributed by atoms with E-state index in [9.17, 15) is 13.2 Å². The van der Waals surface area contributed by atoms with Crippen LogP contribution in [-0.2, 0) is 21.2 Å². The Hall–Kier alpha value is -1.61. The fourth-order valence-electron chi connectivity index (χ4n) is 4.45. The van der Waals surface area contributed by atoms with E-state index >= 15 is 0 Å². The van der Waals surface area contributed by atoms with E-state index in [0.717, 1.165) is 22.1 Å². The second-order valence-electron chi connectivity index (χ2n) is 8.03. The van der Waals surface area contributed by atoms with E-state index < -0.39 is 10.0 Å². The largest absolute Gasteiger partial charge is 0.495 e. The molecule has 1 fully saturated rings. The van der Waals surface area contributed by atoms with Gasteiger partial charge in [0.2, 0.25) is 15.9 Å². The van der Waals surface area contributed by atoms with Gasteiger partial charge in [0.05, 0.1) is 22.9 Å². The number of carbonyl (C=O) groups is 1. The molecule has 2 atom stereocenters. The van der Waals surface area contributed by atoms with Crippen LogP contribution in [0.3, 0.4) is 0 Å². The van der Waals surface area contributed by atoms with Crippen molar-refractivity contribution in [2.45, 2.75) is 37.1 Å². The van der Waals surface area contributed by atoms with Gasteiger partial charge in [-0.25, -0.2) is 8.42 Å². The molecule has 2 heterocycles. The molecule has 1 amide bonds. The number of rotatable bonds is 4. The van der Waals surface area contributed by atoms with Crippen molar-refractivity contribution in [2.75, 3.05) is 25.1 Å². The average Bonchev–Trinajstić information content (AvgIpc) is 3.07. The number of fused-ring (bicyclic) bond motifs is 1. The van der Waals surface area contributed by atoms with E-state index in [1.54, 1.807) is 6.07 Å². The van der Waals surface area contributed by atoms with Crippen LogP contribution in [-0.4, -0.2) is 44.9 Å². The number of nitrogens with zero attached hydrogens (tertiary/aromatic N) is 2. The molecule has 166 valence electrons. The van der Waals surface area contributed by atoms with Gasteiger partial charge in [0.1, 0.15) is 5.75 Å². The Balaban J connectivity index is 1.56. The number of sulfonamides is 1. The molecule has 31 heavy (non-hydrogen) atoms. The van der Waals surface area contributed by atoms with Crippen LogP contribution in [0.5, 0.6) is 5.75 Å². The smallest absolute Gasteiger partial charge is 0.243 e. The Kier molecular flexibility index (Phi) is 6.36. The molecule has 9 heteroatoms. The number of benzene rings is 2. The fourth-order valence-corrected chi connectivity index (χ4v) is 6.73. The lowest BCUT2D eigenvalue weighted by molar-refractivity contribution is -0.123. The maximum absolute atomic E-state index is 13.5. The first kappa shape index (κ1) is 22.6. The molecule has 0 bridgehead atoms. The van der Waals surface area contributed by atoms with Crippen LogP contribution in [0, 0.1) is 5.92 Å². The van der Waals surface area contributed by atoms with Crippen LogP contribution in [0.1, 0.15) is 25.3 Å². The molecule has 2 aromatic carbocycles. The van der Waals surface area contributed by atoms with E-state index in [4.69, 9.17) is 16.3 Å². The number of carbonyl (C=O) groups excluding carboxylic acids is 1. The third-order valence-corrected chi connectivity index (χ3v) is 8.64. The SMILES string of the molecule is COc1ccc(S(=O)(=O)N2CCCC(C(=O)N3c4ccc(Br)cc4CC3C)C2)cc1Cl. The van der Waals surface area contributed by atoms with Gasteiger partial charge in [-0.15, -0.1) is 0 Å². The maximum Gasteiger partial charge on any atom is 0.243 e. The summed E-state index contributed by atoms with van der Waals surface area (Å²) in [5, 5.41) is 0.238. The van der Waals surface area contributed by atoms with E-state index in [-0.39, 0.29) is 34.3 Å². The molecule has 6 nitrogen and oxygen atoms in total. The first-order valence-corrected chi connectivity index (χ1v) is 12.8. The fraction of sp³-hybridized carbons (Fsp3) is 0.409. The molecule has 2 aliphatic heterocycles. The first-order chi connectivity index (χ1) is 14.7. The van der Waals surface area contributed by atoms with E-state index in [0.29, 0.717) is 25.1 Å². The van der Waals surface area contributed by atoms with Gasteiger partial charge >= 0.3 is 0 Å². The van der Waals surface area contributed by atoms with Crippen LogP contribution in [0.15, 0.2) is 45.8 Å². The number of ether oxygens (including phenoxy) is 1. The lowest BCUT2D eigenvalue weighted by Gasteiger charge is -2.34. The number of piperidine rings is 1. The number of anilines is 1. The molecular formula is C22H24BrClN2O4S. The van der Waals surface area contributed by atoms with Crippen molar-refractivity contribution >= 4 is 49.1 Å². The minimum absolute atomic E-state index is 0.0127.